The van der Waals surface area contributed by atoms with Crippen molar-refractivity contribution in [3.63, 3.8) is 0 Å². The molecule has 0 bridgehead atoms. The van der Waals surface area contributed by atoms with Gasteiger partial charge in [-0.2, -0.15) is 0 Å². The summed E-state index contributed by atoms with van der Waals surface area (Å²) >= 11 is 2.93. The molecule has 0 unspecified atom stereocenters. The zero-order valence-electron chi connectivity index (χ0n) is 11.1. The van der Waals surface area contributed by atoms with Gasteiger partial charge in [-0.1, -0.05) is 0 Å². The lowest BCUT2D eigenvalue weighted by molar-refractivity contribution is 0.0702. The SMILES string of the molecule is Cc1sc(C(=O)O)cc1CNC(C)(C)c1nccs1. The number of thiophene rings is 1. The third kappa shape index (κ3) is 3.20. The highest BCUT2D eigenvalue weighted by molar-refractivity contribution is 7.14. The third-order valence-corrected chi connectivity index (χ3v) is 5.10. The summed E-state index contributed by atoms with van der Waals surface area (Å²) in [5.41, 5.74) is 0.818. The van der Waals surface area contributed by atoms with Gasteiger partial charge in [0.2, 0.25) is 0 Å². The largest absolute Gasteiger partial charge is 0.477 e. The van der Waals surface area contributed by atoms with Crippen molar-refractivity contribution in [3.8, 4) is 0 Å². The van der Waals surface area contributed by atoms with E-state index in [1.165, 1.54) is 11.3 Å². The van der Waals surface area contributed by atoms with Crippen LogP contribution < -0.4 is 5.32 Å². The fourth-order valence-electron chi connectivity index (χ4n) is 1.72. The van der Waals surface area contributed by atoms with Gasteiger partial charge in [-0.15, -0.1) is 22.7 Å². The van der Waals surface area contributed by atoms with Gasteiger partial charge in [0.1, 0.15) is 9.88 Å². The molecule has 0 aromatic carbocycles. The smallest absolute Gasteiger partial charge is 0.345 e. The molecule has 102 valence electrons. The number of nitrogens with zero attached hydrogens (tertiary/aromatic N) is 1. The van der Waals surface area contributed by atoms with Crippen LogP contribution in [-0.2, 0) is 12.1 Å². The summed E-state index contributed by atoms with van der Waals surface area (Å²) < 4.78 is 0. The molecular formula is C13H16N2O2S2. The van der Waals surface area contributed by atoms with E-state index in [4.69, 9.17) is 5.11 Å². The molecule has 0 saturated carbocycles. The second kappa shape index (κ2) is 5.40. The minimum absolute atomic E-state index is 0.216. The van der Waals surface area contributed by atoms with Crippen molar-refractivity contribution in [1.29, 1.82) is 0 Å². The average Bonchev–Trinajstić information content (AvgIpc) is 2.95. The molecule has 0 radical (unpaired) electrons. The predicted octanol–water partition coefficient (Wildman–Crippen LogP) is 3.24. The summed E-state index contributed by atoms with van der Waals surface area (Å²) in [5.74, 6) is -0.862. The van der Waals surface area contributed by atoms with E-state index in [0.717, 1.165) is 15.4 Å². The van der Waals surface area contributed by atoms with E-state index in [0.29, 0.717) is 11.4 Å². The van der Waals surface area contributed by atoms with Crippen molar-refractivity contribution in [1.82, 2.24) is 10.3 Å². The summed E-state index contributed by atoms with van der Waals surface area (Å²) in [4.78, 5) is 16.7. The van der Waals surface area contributed by atoms with Crippen LogP contribution in [0.2, 0.25) is 0 Å². The summed E-state index contributed by atoms with van der Waals surface area (Å²) in [5, 5.41) is 15.4. The zero-order chi connectivity index (χ0) is 14.0. The molecule has 0 saturated heterocycles. The first-order chi connectivity index (χ1) is 8.90. The summed E-state index contributed by atoms with van der Waals surface area (Å²) in [7, 11) is 0. The number of hydrogen-bond acceptors (Lipinski definition) is 5. The number of carboxylic acids is 1. The zero-order valence-corrected chi connectivity index (χ0v) is 12.7. The van der Waals surface area contributed by atoms with Crippen molar-refractivity contribution in [2.24, 2.45) is 0 Å². The summed E-state index contributed by atoms with van der Waals surface area (Å²) in [6, 6.07) is 1.74. The molecule has 0 amide bonds. The van der Waals surface area contributed by atoms with Gasteiger partial charge in [0.15, 0.2) is 0 Å². The fourth-order valence-corrected chi connectivity index (χ4v) is 3.34. The number of thiazole rings is 1. The van der Waals surface area contributed by atoms with E-state index in [2.05, 4.69) is 24.1 Å². The Morgan fingerprint density at radius 1 is 1.53 bits per heavy atom. The molecular weight excluding hydrogens is 280 g/mol. The maximum absolute atomic E-state index is 10.9. The Hall–Kier alpha value is -1.24. The molecule has 0 atom stereocenters. The first-order valence-corrected chi connectivity index (χ1v) is 7.57. The van der Waals surface area contributed by atoms with Gasteiger partial charge in [0, 0.05) is 23.0 Å². The predicted molar refractivity (Wildman–Crippen MR) is 78.0 cm³/mol. The van der Waals surface area contributed by atoms with Crippen LogP contribution in [0.1, 0.15) is 39.0 Å². The van der Waals surface area contributed by atoms with E-state index < -0.39 is 5.97 Å². The molecule has 2 aromatic heterocycles. The van der Waals surface area contributed by atoms with Crippen LogP contribution in [0.4, 0.5) is 0 Å². The van der Waals surface area contributed by atoms with Gasteiger partial charge in [-0.05, 0) is 32.4 Å². The molecule has 0 fully saturated rings. The van der Waals surface area contributed by atoms with Crippen LogP contribution in [0, 0.1) is 6.92 Å². The first-order valence-electron chi connectivity index (χ1n) is 5.88. The second-order valence-corrected chi connectivity index (χ2v) is 6.96. The monoisotopic (exact) mass is 296 g/mol. The molecule has 0 spiro atoms. The van der Waals surface area contributed by atoms with Crippen LogP contribution in [-0.4, -0.2) is 16.1 Å². The normalized spacial score (nSPS) is 11.7. The van der Waals surface area contributed by atoms with Gasteiger partial charge in [-0.3, -0.25) is 0 Å². The lowest BCUT2D eigenvalue weighted by Crippen LogP contribution is -2.35. The highest BCUT2D eigenvalue weighted by atomic mass is 32.1. The Balaban J connectivity index is 2.08. The molecule has 0 aliphatic rings. The second-order valence-electron chi connectivity index (χ2n) is 4.81. The Bertz CT molecular complexity index is 573. The van der Waals surface area contributed by atoms with E-state index in [-0.39, 0.29) is 5.54 Å². The van der Waals surface area contributed by atoms with Gasteiger partial charge in [0.25, 0.3) is 0 Å². The molecule has 2 aromatic rings. The maximum atomic E-state index is 10.9. The van der Waals surface area contributed by atoms with Crippen molar-refractivity contribution in [2.45, 2.75) is 32.9 Å². The summed E-state index contributed by atoms with van der Waals surface area (Å²) in [6.45, 7) is 6.74. The molecule has 2 N–H and O–H groups in total. The van der Waals surface area contributed by atoms with E-state index in [9.17, 15) is 4.79 Å². The van der Waals surface area contributed by atoms with Crippen molar-refractivity contribution in [2.75, 3.05) is 0 Å². The molecule has 2 rings (SSSR count). The molecule has 6 heteroatoms. The highest BCUT2D eigenvalue weighted by Gasteiger charge is 2.23. The number of hydrogen-bond donors (Lipinski definition) is 2. The van der Waals surface area contributed by atoms with Crippen LogP contribution in [0.5, 0.6) is 0 Å². The average molecular weight is 296 g/mol. The molecule has 0 aliphatic heterocycles. The number of aryl methyl sites for hydroxylation is 1. The van der Waals surface area contributed by atoms with Crippen LogP contribution in [0.25, 0.3) is 0 Å². The molecule has 19 heavy (non-hydrogen) atoms. The number of rotatable bonds is 5. The lowest BCUT2D eigenvalue weighted by atomic mass is 10.1. The molecule has 0 aliphatic carbocycles. The van der Waals surface area contributed by atoms with Crippen LogP contribution >= 0.6 is 22.7 Å². The molecule has 2 heterocycles. The quantitative estimate of drug-likeness (QED) is 0.889. The lowest BCUT2D eigenvalue weighted by Gasteiger charge is -2.23. The standard InChI is InChI=1S/C13H16N2O2S2/c1-8-9(6-10(19-8)11(16)17)7-15-13(2,3)12-14-4-5-18-12/h4-6,15H,7H2,1-3H3,(H,16,17). The van der Waals surface area contributed by atoms with E-state index >= 15 is 0 Å². The Morgan fingerprint density at radius 2 is 2.26 bits per heavy atom. The third-order valence-electron chi connectivity index (χ3n) is 2.92. The Morgan fingerprint density at radius 3 is 2.79 bits per heavy atom. The minimum Gasteiger partial charge on any atom is -0.477 e. The van der Waals surface area contributed by atoms with E-state index in [1.54, 1.807) is 23.6 Å². The fraction of sp³-hybridized carbons (Fsp3) is 0.385. The van der Waals surface area contributed by atoms with Gasteiger partial charge in [-0.25, -0.2) is 9.78 Å². The van der Waals surface area contributed by atoms with Gasteiger partial charge < -0.3 is 10.4 Å². The number of carbonyl (C=O) groups is 1. The van der Waals surface area contributed by atoms with Crippen molar-refractivity contribution < 1.29 is 9.90 Å². The Labute approximate surface area is 120 Å². The topological polar surface area (TPSA) is 62.2 Å². The highest BCUT2D eigenvalue weighted by Crippen LogP contribution is 2.25. The number of nitrogens with one attached hydrogen (secondary N) is 1. The van der Waals surface area contributed by atoms with Crippen LogP contribution in [0.3, 0.4) is 0 Å². The molecule has 4 nitrogen and oxygen atoms in total. The minimum atomic E-state index is -0.862. The van der Waals surface area contributed by atoms with Gasteiger partial charge >= 0.3 is 5.97 Å². The first kappa shape index (κ1) is 14.2. The van der Waals surface area contributed by atoms with Crippen LogP contribution in [0.15, 0.2) is 17.6 Å². The van der Waals surface area contributed by atoms with Crippen molar-refractivity contribution >= 4 is 28.6 Å². The maximum Gasteiger partial charge on any atom is 0.345 e. The summed E-state index contributed by atoms with van der Waals surface area (Å²) in [6.07, 6.45) is 1.79. The number of carboxylic acid groups (broad SMARTS) is 1. The van der Waals surface area contributed by atoms with E-state index in [1.807, 2.05) is 12.3 Å². The number of aromatic nitrogens is 1. The Kier molecular flexibility index (Phi) is 4.03. The van der Waals surface area contributed by atoms with Crippen molar-refractivity contribution in [3.05, 3.63) is 38.0 Å². The number of aromatic carboxylic acids is 1. The van der Waals surface area contributed by atoms with Gasteiger partial charge in [0.05, 0.1) is 5.54 Å².